The Labute approximate surface area is 173 Å². The molecular formula is C21H36N2O6. The Morgan fingerprint density at radius 3 is 2.62 bits per heavy atom. The van der Waals surface area contributed by atoms with Gasteiger partial charge in [0.05, 0.1) is 31.5 Å². The molecule has 0 radical (unpaired) electrons. The average molecular weight is 413 g/mol. The van der Waals surface area contributed by atoms with Crippen LogP contribution >= 0.6 is 0 Å². The van der Waals surface area contributed by atoms with Crippen molar-refractivity contribution in [3.05, 3.63) is 11.6 Å². The summed E-state index contributed by atoms with van der Waals surface area (Å²) in [5.74, 6) is -0.451. The van der Waals surface area contributed by atoms with Gasteiger partial charge in [0.25, 0.3) is 0 Å². The second-order valence-corrected chi connectivity index (χ2v) is 8.26. The smallest absolute Gasteiger partial charge is 0.414 e. The number of ether oxygens (including phenoxy) is 4. The molecule has 1 heterocycles. The summed E-state index contributed by atoms with van der Waals surface area (Å²) in [6.07, 6.45) is 1.70. The number of likely N-dealkylation sites (N-methyl/N-ethyl adjacent to an activating group) is 1. The zero-order chi connectivity index (χ0) is 21.6. The van der Waals surface area contributed by atoms with Crippen molar-refractivity contribution in [3.63, 3.8) is 0 Å². The number of epoxide rings is 1. The zero-order valence-electron chi connectivity index (χ0n) is 18.5. The molecule has 2 rings (SSSR count). The maximum atomic E-state index is 12.3. The van der Waals surface area contributed by atoms with Crippen LogP contribution in [-0.2, 0) is 23.7 Å². The lowest BCUT2D eigenvalue weighted by Crippen LogP contribution is -2.55. The molecule has 0 aromatic heterocycles. The molecule has 0 aromatic carbocycles. The molecule has 2 amide bonds. The lowest BCUT2D eigenvalue weighted by atomic mass is 9.73. The van der Waals surface area contributed by atoms with Crippen LogP contribution in [0.5, 0.6) is 0 Å². The number of nitrogens with zero attached hydrogens (tertiary/aromatic N) is 1. The fourth-order valence-electron chi connectivity index (χ4n) is 3.94. The maximum Gasteiger partial charge on any atom is 0.414 e. The van der Waals surface area contributed by atoms with E-state index >= 15 is 0 Å². The third-order valence-electron chi connectivity index (χ3n) is 5.78. The minimum Gasteiger partial charge on any atom is -0.443 e. The van der Waals surface area contributed by atoms with Crippen molar-refractivity contribution in [1.82, 2.24) is 10.2 Å². The Hall–Kier alpha value is -1.48. The van der Waals surface area contributed by atoms with Crippen molar-refractivity contribution in [2.75, 3.05) is 40.5 Å². The van der Waals surface area contributed by atoms with Crippen molar-refractivity contribution in [1.29, 1.82) is 0 Å². The quantitative estimate of drug-likeness (QED) is 0.458. The largest absolute Gasteiger partial charge is 0.443 e. The minimum absolute atomic E-state index is 0.0634. The van der Waals surface area contributed by atoms with Crippen LogP contribution in [-0.4, -0.2) is 81.3 Å². The summed E-state index contributed by atoms with van der Waals surface area (Å²) in [6, 6.07) is 0. The van der Waals surface area contributed by atoms with Crippen LogP contribution in [0, 0.1) is 5.92 Å². The predicted octanol–water partition coefficient (Wildman–Crippen LogP) is 2.12. The van der Waals surface area contributed by atoms with Gasteiger partial charge in [0.1, 0.15) is 12.2 Å². The number of allylic oxidation sites excluding steroid dienone is 1. The first kappa shape index (κ1) is 23.8. The standard InChI is InChI=1S/C21H36N2O6/c1-7-23(5)12-17(24)22-20(25)29-16-8-10-21(13-28-21)18(19(16)26-6)15(4)27-11-9-14(2)3/h9,15-16,18-19H,7-8,10-13H2,1-6H3,(H,22,24,25)/t15-,16?,18?,19?,21-/m0/s1. The molecule has 8 heteroatoms. The van der Waals surface area contributed by atoms with E-state index in [-0.39, 0.29) is 36.2 Å². The highest BCUT2D eigenvalue weighted by Crippen LogP contribution is 2.49. The molecule has 5 atom stereocenters. The Morgan fingerprint density at radius 1 is 1.38 bits per heavy atom. The number of methoxy groups -OCH3 is 1. The van der Waals surface area contributed by atoms with Crippen LogP contribution < -0.4 is 5.32 Å². The van der Waals surface area contributed by atoms with Crippen molar-refractivity contribution in [2.24, 2.45) is 5.92 Å². The van der Waals surface area contributed by atoms with Gasteiger partial charge in [0, 0.05) is 13.0 Å². The topological polar surface area (TPSA) is 89.6 Å². The monoisotopic (exact) mass is 412 g/mol. The first-order chi connectivity index (χ1) is 13.7. The molecule has 1 saturated heterocycles. The average Bonchev–Trinajstić information content (AvgIpc) is 3.42. The van der Waals surface area contributed by atoms with Crippen molar-refractivity contribution in [2.45, 2.75) is 64.4 Å². The van der Waals surface area contributed by atoms with E-state index < -0.39 is 12.2 Å². The van der Waals surface area contributed by atoms with E-state index in [9.17, 15) is 9.59 Å². The molecule has 2 aliphatic rings. The highest BCUT2D eigenvalue weighted by Gasteiger charge is 2.61. The van der Waals surface area contributed by atoms with Crippen LogP contribution in [0.1, 0.15) is 40.5 Å². The van der Waals surface area contributed by atoms with Crippen LogP contribution in [0.15, 0.2) is 11.6 Å². The molecule has 166 valence electrons. The Bertz CT molecular complexity index is 600. The highest BCUT2D eigenvalue weighted by atomic mass is 16.6. The predicted molar refractivity (Wildman–Crippen MR) is 109 cm³/mol. The van der Waals surface area contributed by atoms with Crippen LogP contribution in [0.25, 0.3) is 0 Å². The number of carbonyl (C=O) groups excluding carboxylic acids is 2. The molecule has 0 aromatic rings. The zero-order valence-corrected chi connectivity index (χ0v) is 18.5. The number of carbonyl (C=O) groups is 2. The molecule has 1 N–H and O–H groups in total. The summed E-state index contributed by atoms with van der Waals surface area (Å²) in [5.41, 5.74) is 0.916. The van der Waals surface area contributed by atoms with Gasteiger partial charge >= 0.3 is 6.09 Å². The van der Waals surface area contributed by atoms with Crippen LogP contribution in [0.4, 0.5) is 4.79 Å². The van der Waals surface area contributed by atoms with E-state index in [2.05, 4.69) is 5.32 Å². The molecule has 2 fully saturated rings. The van der Waals surface area contributed by atoms with E-state index in [0.29, 0.717) is 26.2 Å². The van der Waals surface area contributed by atoms with Gasteiger partial charge in [-0.3, -0.25) is 15.0 Å². The molecule has 1 aliphatic heterocycles. The minimum atomic E-state index is -0.740. The first-order valence-electron chi connectivity index (χ1n) is 10.3. The molecule has 1 spiro atoms. The molecule has 8 nitrogen and oxygen atoms in total. The first-order valence-corrected chi connectivity index (χ1v) is 10.3. The van der Waals surface area contributed by atoms with E-state index in [1.54, 1.807) is 12.0 Å². The highest BCUT2D eigenvalue weighted by molar-refractivity contribution is 5.92. The van der Waals surface area contributed by atoms with Gasteiger partial charge in [0.15, 0.2) is 0 Å². The third-order valence-corrected chi connectivity index (χ3v) is 5.78. The fraction of sp³-hybridized carbons (Fsp3) is 0.810. The normalized spacial score (nSPS) is 29.4. The Morgan fingerprint density at radius 2 is 2.07 bits per heavy atom. The van der Waals surface area contributed by atoms with Crippen molar-refractivity contribution < 1.29 is 28.5 Å². The second-order valence-electron chi connectivity index (χ2n) is 8.26. The second kappa shape index (κ2) is 10.5. The fourth-order valence-corrected chi connectivity index (χ4v) is 3.94. The summed E-state index contributed by atoms with van der Waals surface area (Å²) < 4.78 is 23.2. The van der Waals surface area contributed by atoms with Gasteiger partial charge in [-0.1, -0.05) is 18.6 Å². The number of nitrogens with one attached hydrogen (secondary N) is 1. The number of amides is 2. The van der Waals surface area contributed by atoms with Crippen LogP contribution in [0.2, 0.25) is 0 Å². The molecule has 1 saturated carbocycles. The number of alkyl carbamates (subject to hydrolysis) is 1. The van der Waals surface area contributed by atoms with E-state index in [4.69, 9.17) is 18.9 Å². The van der Waals surface area contributed by atoms with Crippen LogP contribution in [0.3, 0.4) is 0 Å². The SMILES string of the molecule is CCN(C)CC(=O)NC(=O)OC1CC[C@]2(CO2)C([C@H](C)OCC=C(C)C)C1OC. The summed E-state index contributed by atoms with van der Waals surface area (Å²) in [5, 5.41) is 2.30. The van der Waals surface area contributed by atoms with Gasteiger partial charge in [-0.05, 0) is 47.2 Å². The number of rotatable bonds is 9. The van der Waals surface area contributed by atoms with Gasteiger partial charge in [-0.25, -0.2) is 4.79 Å². The molecule has 1 aliphatic carbocycles. The van der Waals surface area contributed by atoms with Gasteiger partial charge in [0.2, 0.25) is 5.91 Å². The van der Waals surface area contributed by atoms with Crippen molar-refractivity contribution >= 4 is 12.0 Å². The Kier molecular flexibility index (Phi) is 8.63. The summed E-state index contributed by atoms with van der Waals surface area (Å²) in [6.45, 7) is 10.0. The van der Waals surface area contributed by atoms with E-state index in [0.717, 1.165) is 6.42 Å². The van der Waals surface area contributed by atoms with Gasteiger partial charge < -0.3 is 18.9 Å². The van der Waals surface area contributed by atoms with Gasteiger partial charge in [-0.2, -0.15) is 0 Å². The lowest BCUT2D eigenvalue weighted by Gasteiger charge is -2.42. The van der Waals surface area contributed by atoms with E-state index in [1.807, 2.05) is 40.8 Å². The molecule has 29 heavy (non-hydrogen) atoms. The molecule has 0 bridgehead atoms. The maximum absolute atomic E-state index is 12.3. The summed E-state index contributed by atoms with van der Waals surface area (Å²) in [7, 11) is 3.42. The number of hydrogen-bond acceptors (Lipinski definition) is 7. The molecule has 3 unspecified atom stereocenters. The summed E-state index contributed by atoms with van der Waals surface area (Å²) in [4.78, 5) is 26.0. The number of hydrogen-bond donors (Lipinski definition) is 1. The molecular weight excluding hydrogens is 376 g/mol. The Balaban J connectivity index is 1.99. The summed E-state index contributed by atoms with van der Waals surface area (Å²) >= 11 is 0. The number of imide groups is 1. The lowest BCUT2D eigenvalue weighted by molar-refractivity contribution is -0.139. The van der Waals surface area contributed by atoms with Crippen molar-refractivity contribution in [3.8, 4) is 0 Å². The van der Waals surface area contributed by atoms with E-state index in [1.165, 1.54) is 5.57 Å². The van der Waals surface area contributed by atoms with Gasteiger partial charge in [-0.15, -0.1) is 0 Å². The third kappa shape index (κ3) is 6.50.